The molecule has 0 bridgehead atoms. The van der Waals surface area contributed by atoms with Gasteiger partial charge in [0, 0.05) is 0 Å². The monoisotopic (exact) mass is 185 g/mol. The van der Waals surface area contributed by atoms with E-state index in [4.69, 9.17) is 15.5 Å². The summed E-state index contributed by atoms with van der Waals surface area (Å²) in [4.78, 5) is 17.7. The molecule has 4 N–H and O–H groups in total. The van der Waals surface area contributed by atoms with E-state index >= 15 is 0 Å². The van der Waals surface area contributed by atoms with Gasteiger partial charge in [-0.2, -0.15) is 0 Å². The highest BCUT2D eigenvalue weighted by molar-refractivity contribution is 7.45. The molecule has 0 aromatic heterocycles. The lowest BCUT2D eigenvalue weighted by Gasteiger charge is -2.12. The number of hydrogen-bond donors (Lipinski definition) is 3. The maximum atomic E-state index is 8.84. The van der Waals surface area contributed by atoms with Gasteiger partial charge in [-0.05, 0) is 12.5 Å². The van der Waals surface area contributed by atoms with Crippen molar-refractivity contribution < 1.29 is 9.79 Å². The largest absolute Gasteiger partial charge is 0.349 e. The van der Waals surface area contributed by atoms with E-state index in [0.29, 0.717) is 0 Å². The molecule has 0 saturated carbocycles. The molecule has 3 nitrogen and oxygen atoms in total. The third kappa shape index (κ3) is 2.26. The molecule has 4 heteroatoms. The lowest BCUT2D eigenvalue weighted by molar-refractivity contribution is 0.467. The smallest absolute Gasteiger partial charge is 0.187 e. The molecular weight excluding hydrogens is 173 g/mol. The molecular formula is C8H12NO2P. The summed E-state index contributed by atoms with van der Waals surface area (Å²) in [5.41, 5.74) is 7.41. The Morgan fingerprint density at radius 3 is 2.17 bits per heavy atom. The molecule has 1 aromatic carbocycles. The summed E-state index contributed by atoms with van der Waals surface area (Å²) in [5, 5.41) is 0. The normalized spacial score (nSPS) is 13.4. The molecule has 1 rings (SSSR count). The molecule has 0 aliphatic carbocycles. The fraction of sp³-hybridized carbons (Fsp3) is 0.250. The van der Waals surface area contributed by atoms with Crippen LogP contribution >= 0.6 is 8.38 Å². The molecule has 0 fully saturated rings. The van der Waals surface area contributed by atoms with Crippen molar-refractivity contribution in [1.82, 2.24) is 0 Å². The third-order valence-corrected chi connectivity index (χ3v) is 2.46. The Morgan fingerprint density at radius 1 is 1.25 bits per heavy atom. The second-order valence-corrected chi connectivity index (χ2v) is 3.87. The Hall–Kier alpha value is -0.470. The van der Waals surface area contributed by atoms with Crippen molar-refractivity contribution in [3.8, 4) is 0 Å². The van der Waals surface area contributed by atoms with Crippen molar-refractivity contribution in [3.63, 3.8) is 0 Å². The first kappa shape index (κ1) is 9.62. The zero-order chi connectivity index (χ0) is 9.14. The van der Waals surface area contributed by atoms with E-state index in [0.717, 1.165) is 11.1 Å². The molecule has 1 atom stereocenters. The minimum atomic E-state index is -2.07. The van der Waals surface area contributed by atoms with Crippen molar-refractivity contribution >= 4 is 8.38 Å². The minimum absolute atomic E-state index is 0.652. The molecule has 0 heterocycles. The Kier molecular flexibility index (Phi) is 3.18. The topological polar surface area (TPSA) is 66.5 Å². The van der Waals surface area contributed by atoms with Crippen LogP contribution in [0, 0.1) is 6.92 Å². The van der Waals surface area contributed by atoms with E-state index in [2.05, 4.69) is 0 Å². The Labute approximate surface area is 72.8 Å². The summed E-state index contributed by atoms with van der Waals surface area (Å²) in [7, 11) is -2.07. The molecule has 0 spiro atoms. The first-order valence-electron chi connectivity index (χ1n) is 3.60. The molecule has 12 heavy (non-hydrogen) atoms. The Balaban J connectivity index is 2.82. The molecule has 0 amide bonds. The van der Waals surface area contributed by atoms with Gasteiger partial charge in [0.25, 0.3) is 0 Å². The van der Waals surface area contributed by atoms with Gasteiger partial charge in [0.2, 0.25) is 0 Å². The van der Waals surface area contributed by atoms with Crippen LogP contribution in [0.15, 0.2) is 24.3 Å². The van der Waals surface area contributed by atoms with Crippen molar-refractivity contribution in [2.45, 2.75) is 12.7 Å². The van der Waals surface area contributed by atoms with Gasteiger partial charge < -0.3 is 15.5 Å². The Morgan fingerprint density at radius 2 is 1.75 bits per heavy atom. The molecule has 1 unspecified atom stereocenters. The van der Waals surface area contributed by atoms with Crippen LogP contribution < -0.4 is 5.73 Å². The SMILES string of the molecule is Cc1ccc(C(N)P(O)O)cc1. The van der Waals surface area contributed by atoms with Crippen molar-refractivity contribution in [3.05, 3.63) is 35.4 Å². The maximum Gasteiger partial charge on any atom is 0.187 e. The van der Waals surface area contributed by atoms with Gasteiger partial charge >= 0.3 is 0 Å². The predicted octanol–water partition coefficient (Wildman–Crippen LogP) is 1.25. The minimum Gasteiger partial charge on any atom is -0.349 e. The van der Waals surface area contributed by atoms with Crippen LogP contribution in [-0.2, 0) is 0 Å². The summed E-state index contributed by atoms with van der Waals surface area (Å²) in [6, 6.07) is 7.41. The van der Waals surface area contributed by atoms with Crippen molar-refractivity contribution in [2.75, 3.05) is 0 Å². The van der Waals surface area contributed by atoms with Crippen LogP contribution in [0.5, 0.6) is 0 Å². The summed E-state index contributed by atoms with van der Waals surface area (Å²) >= 11 is 0. The van der Waals surface area contributed by atoms with E-state index in [-0.39, 0.29) is 0 Å². The standard InChI is InChI=1S/C8H12NO2P/c1-6-2-4-7(5-3-6)8(9)12(10)11/h2-5,8,10-11H,9H2,1H3. The van der Waals surface area contributed by atoms with Crippen LogP contribution in [-0.4, -0.2) is 9.79 Å². The van der Waals surface area contributed by atoms with E-state index in [9.17, 15) is 0 Å². The van der Waals surface area contributed by atoms with Crippen molar-refractivity contribution in [2.24, 2.45) is 5.73 Å². The van der Waals surface area contributed by atoms with Crippen LogP contribution in [0.25, 0.3) is 0 Å². The lowest BCUT2D eigenvalue weighted by Crippen LogP contribution is -2.07. The lowest BCUT2D eigenvalue weighted by atomic mass is 10.1. The Bertz CT molecular complexity index is 248. The zero-order valence-electron chi connectivity index (χ0n) is 6.81. The number of nitrogens with two attached hydrogens (primary N) is 1. The summed E-state index contributed by atoms with van der Waals surface area (Å²) in [6.07, 6.45) is 0. The van der Waals surface area contributed by atoms with E-state index < -0.39 is 14.2 Å². The highest BCUT2D eigenvalue weighted by atomic mass is 31.2. The molecule has 0 aliphatic heterocycles. The van der Waals surface area contributed by atoms with Crippen LogP contribution in [0.2, 0.25) is 0 Å². The molecule has 66 valence electrons. The van der Waals surface area contributed by atoms with Gasteiger partial charge in [-0.15, -0.1) is 0 Å². The third-order valence-electron chi connectivity index (χ3n) is 1.67. The molecule has 0 saturated heterocycles. The zero-order valence-corrected chi connectivity index (χ0v) is 7.70. The van der Waals surface area contributed by atoms with Crippen LogP contribution in [0.1, 0.15) is 16.9 Å². The van der Waals surface area contributed by atoms with E-state index in [1.807, 2.05) is 31.2 Å². The average molecular weight is 185 g/mol. The number of aryl methyl sites for hydroxylation is 1. The van der Waals surface area contributed by atoms with Gasteiger partial charge in [-0.1, -0.05) is 29.8 Å². The second kappa shape index (κ2) is 3.97. The fourth-order valence-electron chi connectivity index (χ4n) is 0.897. The van der Waals surface area contributed by atoms with E-state index in [1.165, 1.54) is 0 Å². The van der Waals surface area contributed by atoms with Crippen LogP contribution in [0.3, 0.4) is 0 Å². The van der Waals surface area contributed by atoms with Gasteiger partial charge in [-0.3, -0.25) is 0 Å². The summed E-state index contributed by atoms with van der Waals surface area (Å²) in [6.45, 7) is 1.97. The fourth-order valence-corrected chi connectivity index (χ4v) is 1.34. The average Bonchev–Trinajstić information content (AvgIpc) is 2.04. The van der Waals surface area contributed by atoms with Crippen LogP contribution in [0.4, 0.5) is 0 Å². The van der Waals surface area contributed by atoms with Gasteiger partial charge in [-0.25, -0.2) is 0 Å². The first-order valence-corrected chi connectivity index (χ1v) is 4.92. The maximum absolute atomic E-state index is 8.84. The quantitative estimate of drug-likeness (QED) is 0.607. The van der Waals surface area contributed by atoms with Gasteiger partial charge in [0.15, 0.2) is 8.38 Å². The molecule has 0 radical (unpaired) electrons. The van der Waals surface area contributed by atoms with Gasteiger partial charge in [0.05, 0.1) is 0 Å². The highest BCUT2D eigenvalue weighted by Gasteiger charge is 2.13. The van der Waals surface area contributed by atoms with E-state index in [1.54, 1.807) is 0 Å². The number of rotatable bonds is 2. The summed E-state index contributed by atoms with van der Waals surface area (Å²) < 4.78 is 0. The number of benzene rings is 1. The molecule has 1 aromatic rings. The predicted molar refractivity (Wildman–Crippen MR) is 49.5 cm³/mol. The van der Waals surface area contributed by atoms with Crippen molar-refractivity contribution in [1.29, 1.82) is 0 Å². The molecule has 0 aliphatic rings. The second-order valence-electron chi connectivity index (χ2n) is 2.68. The number of hydrogen-bond acceptors (Lipinski definition) is 3. The first-order chi connectivity index (χ1) is 5.61. The summed E-state index contributed by atoms with van der Waals surface area (Å²) in [5.74, 6) is -0.652. The highest BCUT2D eigenvalue weighted by Crippen LogP contribution is 2.39. The van der Waals surface area contributed by atoms with Gasteiger partial charge in [0.1, 0.15) is 5.78 Å².